The molecule has 6 atom stereocenters. The lowest BCUT2D eigenvalue weighted by Gasteiger charge is -2.30. The van der Waals surface area contributed by atoms with Gasteiger partial charge in [0.05, 0.1) is 19.3 Å². The van der Waals surface area contributed by atoms with E-state index in [1.165, 1.54) is 7.11 Å². The zero-order chi connectivity index (χ0) is 26.8. The minimum absolute atomic E-state index is 0.0441. The van der Waals surface area contributed by atoms with Crippen LogP contribution in [0.2, 0.25) is 5.02 Å². The molecule has 4 rings (SSSR count). The number of H-pyrrole nitrogens is 1. The number of benzene rings is 1. The predicted octanol–water partition coefficient (Wildman–Crippen LogP) is 2.68. The van der Waals surface area contributed by atoms with Crippen LogP contribution in [0.15, 0.2) is 46.1 Å². The molecule has 2 unspecified atom stereocenters. The number of phosphoric ester groups is 1. The lowest BCUT2D eigenvalue weighted by atomic mass is 9.98. The Kier molecular flexibility index (Phi) is 8.34. The number of aromatic nitrogens is 2. The number of halogens is 2. The normalized spacial score (nSPS) is 31.8. The third-order valence-electron chi connectivity index (χ3n) is 5.81. The van der Waals surface area contributed by atoms with Crippen molar-refractivity contribution in [2.75, 3.05) is 26.9 Å². The van der Waals surface area contributed by atoms with Gasteiger partial charge in [-0.15, -0.1) is 0 Å². The maximum absolute atomic E-state index is 16.0. The average molecular weight is 563 g/mol. The molecule has 0 spiro atoms. The molecule has 0 aliphatic carbocycles. The fourth-order valence-corrected chi connectivity index (χ4v) is 5.70. The van der Waals surface area contributed by atoms with Crippen LogP contribution in [0.5, 0.6) is 0 Å². The summed E-state index contributed by atoms with van der Waals surface area (Å²) in [5, 5.41) is 0.467. The SMILES string of the molecule is COCC(=O)O[C@@H]1[C@@H](COP2(=O)OCCC(c3cccc(Cl)c3)O2)O[C@@H](n2ccc(=O)[nH]c2=O)[C@]1(C)F. The first-order chi connectivity index (χ1) is 17.5. The van der Waals surface area contributed by atoms with Crippen LogP contribution in [0, 0.1) is 0 Å². The Morgan fingerprint density at radius 2 is 2.14 bits per heavy atom. The first-order valence-corrected chi connectivity index (χ1v) is 13.0. The standard InChI is InChI=1S/C22H25ClFN2O10P/c1-22(24)19(35-18(28)12-31-2)16(34-20(22)26-8-6-17(27)25-21(26)29)11-33-37(30)32-9-7-15(36-37)13-4-3-5-14(23)10-13/h3-6,8,10,15-16,19-20H,7,9,11-12H2,1-2H3,(H,25,27,29)/t15?,16-,19-,20-,22-,37?/m1/s1. The van der Waals surface area contributed by atoms with E-state index in [1.54, 1.807) is 24.3 Å². The molecule has 1 N–H and O–H groups in total. The Morgan fingerprint density at radius 1 is 1.35 bits per heavy atom. The number of carbonyl (C=O) groups excluding carboxylic acids is 1. The van der Waals surface area contributed by atoms with Gasteiger partial charge in [-0.25, -0.2) is 18.5 Å². The summed E-state index contributed by atoms with van der Waals surface area (Å²) in [4.78, 5) is 37.9. The van der Waals surface area contributed by atoms with Crippen LogP contribution < -0.4 is 11.2 Å². The number of alkyl halides is 1. The van der Waals surface area contributed by atoms with Gasteiger partial charge in [-0.05, 0) is 24.6 Å². The lowest BCUT2D eigenvalue weighted by Crippen LogP contribution is -2.46. The third-order valence-corrected chi connectivity index (χ3v) is 7.52. The van der Waals surface area contributed by atoms with E-state index >= 15 is 4.39 Å². The lowest BCUT2D eigenvalue weighted by molar-refractivity contribution is -0.162. The summed E-state index contributed by atoms with van der Waals surface area (Å²) in [7, 11) is -2.90. The molecule has 1 aromatic carbocycles. The molecule has 2 fully saturated rings. The highest BCUT2D eigenvalue weighted by Crippen LogP contribution is 2.57. The average Bonchev–Trinajstić information content (AvgIpc) is 3.07. The van der Waals surface area contributed by atoms with Crippen LogP contribution in [-0.4, -0.2) is 60.3 Å². The van der Waals surface area contributed by atoms with Gasteiger partial charge in [-0.2, -0.15) is 0 Å². The van der Waals surface area contributed by atoms with Gasteiger partial charge in [0.2, 0.25) is 0 Å². The molecule has 37 heavy (non-hydrogen) atoms. The van der Waals surface area contributed by atoms with Crippen LogP contribution in [-0.2, 0) is 37.1 Å². The summed E-state index contributed by atoms with van der Waals surface area (Å²) in [6.07, 6.45) is -3.80. The molecule has 0 amide bonds. The van der Waals surface area contributed by atoms with E-state index in [0.29, 0.717) is 17.0 Å². The van der Waals surface area contributed by atoms with Gasteiger partial charge in [0.1, 0.15) is 12.7 Å². The molecule has 202 valence electrons. The number of rotatable bonds is 8. The number of aromatic amines is 1. The highest BCUT2D eigenvalue weighted by molar-refractivity contribution is 7.48. The van der Waals surface area contributed by atoms with Crippen molar-refractivity contribution in [3.05, 3.63) is 68.0 Å². The zero-order valence-electron chi connectivity index (χ0n) is 19.8. The van der Waals surface area contributed by atoms with Crippen molar-refractivity contribution < 1.29 is 41.5 Å². The summed E-state index contributed by atoms with van der Waals surface area (Å²) in [5.41, 5.74) is -3.45. The number of nitrogens with one attached hydrogen (secondary N) is 1. The molecule has 2 aromatic rings. The van der Waals surface area contributed by atoms with Gasteiger partial charge in [0.25, 0.3) is 5.56 Å². The molecule has 12 nitrogen and oxygen atoms in total. The Balaban J connectivity index is 1.55. The van der Waals surface area contributed by atoms with Crippen molar-refractivity contribution in [3.63, 3.8) is 0 Å². The number of hydrogen-bond acceptors (Lipinski definition) is 10. The predicted molar refractivity (Wildman–Crippen MR) is 126 cm³/mol. The van der Waals surface area contributed by atoms with Gasteiger partial charge >= 0.3 is 19.5 Å². The first-order valence-electron chi connectivity index (χ1n) is 11.2. The molecule has 2 aliphatic heterocycles. The van der Waals surface area contributed by atoms with Gasteiger partial charge < -0.3 is 14.2 Å². The van der Waals surface area contributed by atoms with Crippen LogP contribution in [0.4, 0.5) is 4.39 Å². The van der Waals surface area contributed by atoms with Gasteiger partial charge in [0.15, 0.2) is 18.0 Å². The maximum atomic E-state index is 16.0. The Hall–Kier alpha value is -2.38. The quantitative estimate of drug-likeness (QED) is 0.376. The zero-order valence-corrected chi connectivity index (χ0v) is 21.5. The molecule has 0 saturated carbocycles. The molecular weight excluding hydrogens is 538 g/mol. The highest BCUT2D eigenvalue weighted by Gasteiger charge is 2.58. The smallest absolute Gasteiger partial charge is 0.454 e. The van der Waals surface area contributed by atoms with Crippen LogP contribution in [0.25, 0.3) is 0 Å². The number of esters is 1. The fourth-order valence-electron chi connectivity index (χ4n) is 4.11. The largest absolute Gasteiger partial charge is 0.475 e. The van der Waals surface area contributed by atoms with E-state index in [1.807, 2.05) is 4.98 Å². The van der Waals surface area contributed by atoms with E-state index in [9.17, 15) is 18.9 Å². The Morgan fingerprint density at radius 3 is 2.84 bits per heavy atom. The Bertz CT molecular complexity index is 1300. The second-order valence-electron chi connectivity index (χ2n) is 8.55. The van der Waals surface area contributed by atoms with Crippen molar-refractivity contribution in [1.82, 2.24) is 9.55 Å². The number of hydrogen-bond donors (Lipinski definition) is 1. The van der Waals surface area contributed by atoms with E-state index in [-0.39, 0.29) is 6.61 Å². The van der Waals surface area contributed by atoms with Crippen molar-refractivity contribution in [1.29, 1.82) is 0 Å². The van der Waals surface area contributed by atoms with Crippen LogP contribution in [0.1, 0.15) is 31.2 Å². The monoisotopic (exact) mass is 562 g/mol. The summed E-state index contributed by atoms with van der Waals surface area (Å²) in [6, 6.07) is 7.82. The fraction of sp³-hybridized carbons (Fsp3) is 0.500. The van der Waals surface area contributed by atoms with Gasteiger partial charge in [-0.1, -0.05) is 23.7 Å². The minimum atomic E-state index is -4.15. The second-order valence-corrected chi connectivity index (χ2v) is 10.6. The molecule has 2 saturated heterocycles. The minimum Gasteiger partial charge on any atom is -0.454 e. The molecule has 2 aliphatic rings. The number of methoxy groups -OCH3 is 1. The van der Waals surface area contributed by atoms with Crippen LogP contribution >= 0.6 is 19.4 Å². The van der Waals surface area contributed by atoms with E-state index < -0.39 is 68.5 Å². The van der Waals surface area contributed by atoms with E-state index in [4.69, 9.17) is 39.4 Å². The number of ether oxygens (including phenoxy) is 3. The topological polar surface area (TPSA) is 144 Å². The van der Waals surface area contributed by atoms with Gasteiger partial charge in [-0.3, -0.25) is 27.9 Å². The van der Waals surface area contributed by atoms with Crippen molar-refractivity contribution in [3.8, 4) is 0 Å². The van der Waals surface area contributed by atoms with Crippen LogP contribution in [0.3, 0.4) is 0 Å². The Labute approximate surface area is 215 Å². The van der Waals surface area contributed by atoms with Crippen molar-refractivity contribution >= 4 is 25.4 Å². The number of nitrogens with zero attached hydrogens (tertiary/aromatic N) is 1. The van der Waals surface area contributed by atoms with E-state index in [0.717, 1.165) is 23.8 Å². The summed E-state index contributed by atoms with van der Waals surface area (Å²) in [6.45, 7) is 0.0430. The molecule has 15 heteroatoms. The molecule has 3 heterocycles. The highest BCUT2D eigenvalue weighted by atomic mass is 35.5. The second kappa shape index (κ2) is 11.2. The molecule has 0 radical (unpaired) electrons. The first kappa shape index (κ1) is 27.6. The van der Waals surface area contributed by atoms with Crippen molar-refractivity contribution in [2.24, 2.45) is 0 Å². The number of carbonyl (C=O) groups is 1. The summed E-state index contributed by atoms with van der Waals surface area (Å²) >= 11 is 6.04. The third kappa shape index (κ3) is 6.20. The van der Waals surface area contributed by atoms with E-state index in [2.05, 4.69) is 0 Å². The summed E-state index contributed by atoms with van der Waals surface area (Å²) in [5.74, 6) is -0.905. The number of phosphoric acid groups is 1. The van der Waals surface area contributed by atoms with Crippen molar-refractivity contribution in [2.45, 2.75) is 43.6 Å². The summed E-state index contributed by atoms with van der Waals surface area (Å²) < 4.78 is 62.1. The molecule has 0 bridgehead atoms. The molecular formula is C22H25ClFN2O10P. The maximum Gasteiger partial charge on any atom is 0.475 e. The van der Waals surface area contributed by atoms with Gasteiger partial charge in [0, 0.05) is 30.8 Å². The molecule has 1 aromatic heterocycles.